The summed E-state index contributed by atoms with van der Waals surface area (Å²) >= 11 is 5.52. The molecule has 2 rings (SSSR count). The van der Waals surface area contributed by atoms with Gasteiger partial charge in [-0.05, 0) is 36.0 Å². The monoisotopic (exact) mass is 202 g/mol. The van der Waals surface area contributed by atoms with E-state index in [4.69, 9.17) is 20.9 Å². The van der Waals surface area contributed by atoms with Gasteiger partial charge < -0.3 is 9.26 Å². The normalized spacial score (nSPS) is 23.3. The van der Waals surface area contributed by atoms with Crippen LogP contribution in [0.5, 0.6) is 0 Å². The molecule has 0 spiro atoms. The van der Waals surface area contributed by atoms with E-state index in [-0.39, 0.29) is 11.4 Å². The average Bonchev–Trinajstić information content (AvgIpc) is 2.53. The molecule has 1 unspecified atom stereocenters. The third-order valence-electron chi connectivity index (χ3n) is 2.12. The van der Waals surface area contributed by atoms with E-state index < -0.39 is 0 Å². The van der Waals surface area contributed by atoms with Crippen LogP contribution in [-0.4, -0.2) is 22.9 Å². The molecule has 1 aromatic heterocycles. The van der Waals surface area contributed by atoms with Crippen molar-refractivity contribution in [2.24, 2.45) is 0 Å². The predicted molar refractivity (Wildman–Crippen MR) is 46.6 cm³/mol. The Kier molecular flexibility index (Phi) is 2.80. The predicted octanol–water partition coefficient (Wildman–Crippen LogP) is 1.83. The van der Waals surface area contributed by atoms with Crippen LogP contribution in [0.3, 0.4) is 0 Å². The first-order chi connectivity index (χ1) is 6.34. The maximum Gasteiger partial charge on any atom is 0.263 e. The van der Waals surface area contributed by atoms with E-state index in [1.807, 2.05) is 0 Å². The molecule has 5 heteroatoms. The second-order valence-electron chi connectivity index (χ2n) is 3.15. The lowest BCUT2D eigenvalue weighted by atomic mass is 10.1. The molecule has 0 N–H and O–H groups in total. The van der Waals surface area contributed by atoms with Crippen LogP contribution in [0.1, 0.15) is 25.2 Å². The molecule has 0 aliphatic carbocycles. The number of hydrogen-bond donors (Lipinski definition) is 0. The van der Waals surface area contributed by atoms with Crippen molar-refractivity contribution in [1.82, 2.24) is 10.1 Å². The van der Waals surface area contributed by atoms with E-state index in [2.05, 4.69) is 10.1 Å². The smallest absolute Gasteiger partial charge is 0.263 e. The van der Waals surface area contributed by atoms with Gasteiger partial charge in [0.1, 0.15) is 0 Å². The molecule has 0 bridgehead atoms. The van der Waals surface area contributed by atoms with E-state index in [1.54, 1.807) is 0 Å². The van der Waals surface area contributed by atoms with Crippen LogP contribution in [0.4, 0.5) is 0 Å². The molecule has 13 heavy (non-hydrogen) atoms. The van der Waals surface area contributed by atoms with Gasteiger partial charge in [-0.1, -0.05) is 0 Å². The van der Waals surface area contributed by atoms with Gasteiger partial charge in [0.05, 0.1) is 12.5 Å². The lowest BCUT2D eigenvalue weighted by molar-refractivity contribution is 0.0124. The van der Waals surface area contributed by atoms with E-state index in [9.17, 15) is 0 Å². The van der Waals surface area contributed by atoms with Crippen molar-refractivity contribution in [1.29, 1.82) is 0 Å². The Morgan fingerprint density at radius 3 is 3.00 bits per heavy atom. The van der Waals surface area contributed by atoms with E-state index >= 15 is 0 Å². The zero-order valence-corrected chi connectivity index (χ0v) is 7.96. The minimum Gasteiger partial charge on any atom is -0.378 e. The largest absolute Gasteiger partial charge is 0.378 e. The summed E-state index contributed by atoms with van der Waals surface area (Å²) in [6, 6.07) is 0. The van der Waals surface area contributed by atoms with E-state index in [1.165, 1.54) is 6.42 Å². The number of aromatic nitrogens is 2. The summed E-state index contributed by atoms with van der Waals surface area (Å²) in [6.07, 6.45) is 4.35. The molecule has 2 heterocycles. The van der Waals surface area contributed by atoms with Crippen molar-refractivity contribution in [2.45, 2.75) is 31.8 Å². The van der Waals surface area contributed by atoms with Gasteiger partial charge in [-0.15, -0.1) is 0 Å². The Morgan fingerprint density at radius 2 is 2.38 bits per heavy atom. The fourth-order valence-electron chi connectivity index (χ4n) is 1.48. The van der Waals surface area contributed by atoms with Gasteiger partial charge >= 0.3 is 0 Å². The molecule has 1 fully saturated rings. The molecule has 1 saturated heterocycles. The topological polar surface area (TPSA) is 48.2 Å². The van der Waals surface area contributed by atoms with Crippen molar-refractivity contribution in [3.8, 4) is 0 Å². The minimum absolute atomic E-state index is 0.172. The lowest BCUT2D eigenvalue weighted by Gasteiger charge is -2.20. The van der Waals surface area contributed by atoms with E-state index in [0.29, 0.717) is 12.3 Å². The Labute approximate surface area is 81.2 Å². The fraction of sp³-hybridized carbons (Fsp3) is 0.750. The number of hydrogen-bond acceptors (Lipinski definition) is 4. The molecule has 4 nitrogen and oxygen atoms in total. The van der Waals surface area contributed by atoms with Crippen molar-refractivity contribution >= 4 is 11.6 Å². The molecule has 0 saturated carbocycles. The van der Waals surface area contributed by atoms with Crippen LogP contribution >= 0.6 is 11.6 Å². The quantitative estimate of drug-likeness (QED) is 0.734. The minimum atomic E-state index is 0.172. The fourth-order valence-corrected chi connectivity index (χ4v) is 1.61. The molecule has 0 radical (unpaired) electrons. The molecule has 0 aromatic carbocycles. The molecule has 72 valence electrons. The summed E-state index contributed by atoms with van der Waals surface area (Å²) in [5.41, 5.74) is 0. The van der Waals surface area contributed by atoms with Crippen LogP contribution in [0, 0.1) is 0 Å². The van der Waals surface area contributed by atoms with Gasteiger partial charge in [-0.2, -0.15) is 4.98 Å². The molecule has 0 amide bonds. The summed E-state index contributed by atoms with van der Waals surface area (Å²) in [5, 5.41) is 3.68. The van der Waals surface area contributed by atoms with Crippen molar-refractivity contribution in [3.05, 3.63) is 11.2 Å². The van der Waals surface area contributed by atoms with Crippen LogP contribution < -0.4 is 0 Å². The number of nitrogens with zero attached hydrogens (tertiary/aromatic N) is 2. The van der Waals surface area contributed by atoms with Crippen LogP contribution in [0.2, 0.25) is 5.28 Å². The first kappa shape index (κ1) is 8.97. The standard InChI is InChI=1S/C8H11ClN2O2/c9-8-10-7(13-11-8)5-6-3-1-2-4-12-6/h6H,1-5H2. The highest BCUT2D eigenvalue weighted by Crippen LogP contribution is 2.16. The maximum absolute atomic E-state index is 5.52. The Bertz CT molecular complexity index is 271. The second-order valence-corrected chi connectivity index (χ2v) is 3.49. The van der Waals surface area contributed by atoms with Crippen LogP contribution in [-0.2, 0) is 11.2 Å². The first-order valence-corrected chi connectivity index (χ1v) is 4.82. The Morgan fingerprint density at radius 1 is 1.46 bits per heavy atom. The van der Waals surface area contributed by atoms with Crippen LogP contribution in [0.15, 0.2) is 4.52 Å². The number of rotatable bonds is 2. The van der Waals surface area contributed by atoms with Crippen molar-refractivity contribution < 1.29 is 9.26 Å². The molecular formula is C8H11ClN2O2. The second kappa shape index (κ2) is 4.07. The zero-order valence-electron chi connectivity index (χ0n) is 7.20. The van der Waals surface area contributed by atoms with E-state index in [0.717, 1.165) is 19.4 Å². The van der Waals surface area contributed by atoms with Gasteiger partial charge in [0, 0.05) is 6.61 Å². The number of halogens is 1. The third kappa shape index (κ3) is 2.42. The zero-order chi connectivity index (χ0) is 9.10. The summed E-state index contributed by atoms with van der Waals surface area (Å²) in [7, 11) is 0. The SMILES string of the molecule is Clc1noc(CC2CCCCO2)n1. The highest BCUT2D eigenvalue weighted by Gasteiger charge is 2.17. The summed E-state index contributed by atoms with van der Waals surface area (Å²) in [5.74, 6) is 0.567. The van der Waals surface area contributed by atoms with Crippen molar-refractivity contribution in [3.63, 3.8) is 0 Å². The highest BCUT2D eigenvalue weighted by molar-refractivity contribution is 6.28. The molecule has 1 atom stereocenters. The number of ether oxygens (including phenoxy) is 1. The maximum atomic E-state index is 5.52. The van der Waals surface area contributed by atoms with Gasteiger partial charge in [-0.25, -0.2) is 0 Å². The third-order valence-corrected chi connectivity index (χ3v) is 2.27. The van der Waals surface area contributed by atoms with Gasteiger partial charge in [0.25, 0.3) is 5.28 Å². The van der Waals surface area contributed by atoms with Crippen LogP contribution in [0.25, 0.3) is 0 Å². The first-order valence-electron chi connectivity index (χ1n) is 4.44. The van der Waals surface area contributed by atoms with Gasteiger partial charge in [-0.3, -0.25) is 0 Å². The molecule has 1 aliphatic rings. The highest BCUT2D eigenvalue weighted by atomic mass is 35.5. The molecular weight excluding hydrogens is 192 g/mol. The van der Waals surface area contributed by atoms with Gasteiger partial charge in [0.15, 0.2) is 0 Å². The van der Waals surface area contributed by atoms with Crippen molar-refractivity contribution in [2.75, 3.05) is 6.61 Å². The lowest BCUT2D eigenvalue weighted by Crippen LogP contribution is -2.21. The summed E-state index contributed by atoms with van der Waals surface area (Å²) < 4.78 is 10.4. The summed E-state index contributed by atoms with van der Waals surface area (Å²) in [4.78, 5) is 3.91. The molecule has 1 aromatic rings. The molecule has 1 aliphatic heterocycles. The average molecular weight is 203 g/mol. The Balaban J connectivity index is 1.89. The van der Waals surface area contributed by atoms with Gasteiger partial charge in [0.2, 0.25) is 5.89 Å². The summed E-state index contributed by atoms with van der Waals surface area (Å²) in [6.45, 7) is 0.840. The Hall–Kier alpha value is -0.610.